The fraction of sp³-hybridized carbons (Fsp3) is 0.812. The van der Waals surface area contributed by atoms with Crippen molar-refractivity contribution in [2.75, 3.05) is 6.61 Å². The zero-order chi connectivity index (χ0) is 15.6. The summed E-state index contributed by atoms with van der Waals surface area (Å²) in [7, 11) is 1.83. The smallest absolute Gasteiger partial charge is 0.130 e. The van der Waals surface area contributed by atoms with E-state index < -0.39 is 11.7 Å². The Hall–Kier alpha value is -0.580. The van der Waals surface area contributed by atoms with E-state index in [1.165, 1.54) is 0 Å². The van der Waals surface area contributed by atoms with Gasteiger partial charge in [-0.2, -0.15) is 5.10 Å². The van der Waals surface area contributed by atoms with Gasteiger partial charge in [-0.25, -0.2) is 0 Å². The maximum absolute atomic E-state index is 10.8. The molecule has 1 aromatic rings. The summed E-state index contributed by atoms with van der Waals surface area (Å²) in [4.78, 5) is 0. The van der Waals surface area contributed by atoms with E-state index in [4.69, 9.17) is 16.3 Å². The monoisotopic (exact) mass is 314 g/mol. The van der Waals surface area contributed by atoms with Crippen molar-refractivity contribution in [1.29, 1.82) is 0 Å². The summed E-state index contributed by atoms with van der Waals surface area (Å²) in [6, 6.07) is 0. The first kappa shape index (κ1) is 16.8. The third kappa shape index (κ3) is 3.43. The zero-order valence-electron chi connectivity index (χ0n) is 13.5. The predicted molar refractivity (Wildman–Crippen MR) is 84.7 cm³/mol. The second-order valence-corrected chi connectivity index (χ2v) is 6.74. The van der Waals surface area contributed by atoms with Gasteiger partial charge in [0, 0.05) is 25.6 Å². The molecule has 4 nitrogen and oxygen atoms in total. The van der Waals surface area contributed by atoms with Gasteiger partial charge >= 0.3 is 0 Å². The second-order valence-electron chi connectivity index (χ2n) is 6.38. The molecule has 1 aliphatic carbocycles. The Balaban J connectivity index is 2.17. The molecule has 1 N–H and O–H groups in total. The van der Waals surface area contributed by atoms with Gasteiger partial charge < -0.3 is 9.84 Å². The van der Waals surface area contributed by atoms with Crippen LogP contribution >= 0.6 is 11.6 Å². The molecule has 1 saturated carbocycles. The Morgan fingerprint density at radius 3 is 2.57 bits per heavy atom. The Bertz CT molecular complexity index is 479. The number of halogens is 1. The number of aliphatic hydroxyl groups excluding tert-OH is 1. The van der Waals surface area contributed by atoms with Gasteiger partial charge in [-0.05, 0) is 45.4 Å². The van der Waals surface area contributed by atoms with Crippen LogP contribution in [0, 0.1) is 12.8 Å². The minimum Gasteiger partial charge on any atom is -0.390 e. The van der Waals surface area contributed by atoms with E-state index in [9.17, 15) is 5.11 Å². The number of rotatable bonds is 5. The van der Waals surface area contributed by atoms with Crippen molar-refractivity contribution in [2.24, 2.45) is 13.0 Å². The van der Waals surface area contributed by atoms with Crippen LogP contribution in [0.15, 0.2) is 0 Å². The topological polar surface area (TPSA) is 47.3 Å². The molecule has 0 amide bonds. The molecular weight excluding hydrogens is 288 g/mol. The van der Waals surface area contributed by atoms with Crippen LogP contribution in [0.5, 0.6) is 0 Å². The lowest BCUT2D eigenvalue weighted by atomic mass is 9.75. The molecule has 0 saturated heterocycles. The molecule has 0 spiro atoms. The largest absolute Gasteiger partial charge is 0.390 e. The van der Waals surface area contributed by atoms with Crippen molar-refractivity contribution in [1.82, 2.24) is 9.78 Å². The Morgan fingerprint density at radius 1 is 1.48 bits per heavy atom. The number of ether oxygens (including phenoxy) is 1. The zero-order valence-corrected chi connectivity index (χ0v) is 14.3. The number of aliphatic hydroxyl groups is 1. The Morgan fingerprint density at radius 2 is 2.10 bits per heavy atom. The second kappa shape index (κ2) is 6.67. The quantitative estimate of drug-likeness (QED) is 0.907. The molecular formula is C16H27ClN2O2. The van der Waals surface area contributed by atoms with Crippen LogP contribution < -0.4 is 0 Å². The van der Waals surface area contributed by atoms with Crippen LogP contribution in [0.4, 0.5) is 0 Å². The molecule has 0 bridgehead atoms. The lowest BCUT2D eigenvalue weighted by Gasteiger charge is -2.42. The number of hydrogen-bond acceptors (Lipinski definition) is 3. The van der Waals surface area contributed by atoms with Gasteiger partial charge in [-0.15, -0.1) is 0 Å². The molecule has 1 aliphatic rings. The van der Waals surface area contributed by atoms with Crippen LogP contribution in [0.25, 0.3) is 0 Å². The molecule has 0 aromatic carbocycles. The minimum atomic E-state index is -0.537. The van der Waals surface area contributed by atoms with Crippen molar-refractivity contribution in [3.8, 4) is 0 Å². The van der Waals surface area contributed by atoms with Crippen LogP contribution in [0.3, 0.4) is 0 Å². The maximum atomic E-state index is 10.8. The van der Waals surface area contributed by atoms with Gasteiger partial charge in [-0.1, -0.05) is 18.5 Å². The molecule has 1 aromatic heterocycles. The first-order valence-electron chi connectivity index (χ1n) is 7.89. The molecule has 1 unspecified atom stereocenters. The molecule has 0 aliphatic heterocycles. The fourth-order valence-electron chi connectivity index (χ4n) is 3.40. The van der Waals surface area contributed by atoms with E-state index in [0.29, 0.717) is 18.2 Å². The van der Waals surface area contributed by atoms with Gasteiger partial charge in [0.1, 0.15) is 5.15 Å². The lowest BCUT2D eigenvalue weighted by molar-refractivity contribution is -0.143. The van der Waals surface area contributed by atoms with Gasteiger partial charge in [0.2, 0.25) is 0 Å². The van der Waals surface area contributed by atoms with Gasteiger partial charge in [-0.3, -0.25) is 4.68 Å². The normalized spacial score (nSPS) is 27.8. The SMILES string of the molecule is CCOC1(C(O)Cc2c(C)nn(C)c2Cl)CCC(C)CC1. The Kier molecular flexibility index (Phi) is 5.33. The van der Waals surface area contributed by atoms with E-state index in [0.717, 1.165) is 42.9 Å². The Labute approximate surface area is 132 Å². The fourth-order valence-corrected chi connectivity index (χ4v) is 3.65. The third-order valence-electron chi connectivity index (χ3n) is 4.83. The summed E-state index contributed by atoms with van der Waals surface area (Å²) < 4.78 is 7.68. The van der Waals surface area contributed by atoms with Crippen LogP contribution in [-0.4, -0.2) is 33.2 Å². The average Bonchev–Trinajstić information content (AvgIpc) is 2.68. The summed E-state index contributed by atoms with van der Waals surface area (Å²) in [5.74, 6) is 0.717. The van der Waals surface area contributed by atoms with E-state index in [1.807, 2.05) is 20.9 Å². The van der Waals surface area contributed by atoms with E-state index in [1.54, 1.807) is 4.68 Å². The first-order chi connectivity index (χ1) is 9.89. The number of aromatic nitrogens is 2. The molecule has 1 fully saturated rings. The van der Waals surface area contributed by atoms with Gasteiger partial charge in [0.05, 0.1) is 17.4 Å². The molecule has 0 radical (unpaired) electrons. The highest BCUT2D eigenvalue weighted by Crippen LogP contribution is 2.39. The molecule has 2 rings (SSSR count). The highest BCUT2D eigenvalue weighted by Gasteiger charge is 2.41. The van der Waals surface area contributed by atoms with Crippen LogP contribution in [0.2, 0.25) is 5.15 Å². The van der Waals surface area contributed by atoms with Crippen LogP contribution in [-0.2, 0) is 18.2 Å². The maximum Gasteiger partial charge on any atom is 0.130 e. The number of aryl methyl sites for hydroxylation is 2. The number of hydrogen-bond donors (Lipinski definition) is 1. The van der Waals surface area contributed by atoms with E-state index >= 15 is 0 Å². The molecule has 1 heterocycles. The van der Waals surface area contributed by atoms with Crippen LogP contribution in [0.1, 0.15) is 50.8 Å². The summed E-state index contributed by atoms with van der Waals surface area (Å²) in [5.41, 5.74) is 1.40. The predicted octanol–water partition coefficient (Wildman–Crippen LogP) is 3.27. The standard InChI is InChI=1S/C16H27ClN2O2/c1-5-21-16(8-6-11(2)7-9-16)14(20)10-13-12(3)18-19(4)15(13)17/h11,14,20H,5-10H2,1-4H3. The number of nitrogens with zero attached hydrogens (tertiary/aromatic N) is 2. The summed E-state index contributed by atoms with van der Waals surface area (Å²) in [6.45, 7) is 6.83. The molecule has 21 heavy (non-hydrogen) atoms. The minimum absolute atomic E-state index is 0.424. The third-order valence-corrected chi connectivity index (χ3v) is 5.30. The van der Waals surface area contributed by atoms with Gasteiger partial charge in [0.25, 0.3) is 0 Å². The van der Waals surface area contributed by atoms with Crippen molar-refractivity contribution in [3.05, 3.63) is 16.4 Å². The van der Waals surface area contributed by atoms with E-state index in [2.05, 4.69) is 12.0 Å². The summed E-state index contributed by atoms with van der Waals surface area (Å²) in [5, 5.41) is 15.8. The van der Waals surface area contributed by atoms with Crippen molar-refractivity contribution in [2.45, 2.75) is 64.6 Å². The highest BCUT2D eigenvalue weighted by molar-refractivity contribution is 6.30. The van der Waals surface area contributed by atoms with Crippen molar-refractivity contribution < 1.29 is 9.84 Å². The summed E-state index contributed by atoms with van der Waals surface area (Å²) >= 11 is 6.29. The van der Waals surface area contributed by atoms with Gasteiger partial charge in [0.15, 0.2) is 0 Å². The highest BCUT2D eigenvalue weighted by atomic mass is 35.5. The molecule has 1 atom stereocenters. The summed E-state index contributed by atoms with van der Waals surface area (Å²) in [6.07, 6.45) is 4.02. The lowest BCUT2D eigenvalue weighted by Crippen LogP contribution is -2.48. The first-order valence-corrected chi connectivity index (χ1v) is 8.27. The molecule has 120 valence electrons. The van der Waals surface area contributed by atoms with E-state index in [-0.39, 0.29) is 0 Å². The van der Waals surface area contributed by atoms with Crippen molar-refractivity contribution >= 4 is 11.6 Å². The molecule has 5 heteroatoms. The average molecular weight is 315 g/mol. The van der Waals surface area contributed by atoms with Crippen molar-refractivity contribution in [3.63, 3.8) is 0 Å².